The molecule has 0 bridgehead atoms. The van der Waals surface area contributed by atoms with Crippen molar-refractivity contribution in [1.82, 2.24) is 40.1 Å². The van der Waals surface area contributed by atoms with Crippen LogP contribution in [0.5, 0.6) is 0 Å². The third kappa shape index (κ3) is 7.28. The molecular weight excluding hydrogens is 751 g/mol. The molecule has 3 aliphatic rings. The third-order valence-corrected chi connectivity index (χ3v) is 11.8. The lowest BCUT2D eigenvalue weighted by Crippen LogP contribution is -2.52. The number of anilines is 1. The summed E-state index contributed by atoms with van der Waals surface area (Å²) in [7, 11) is 0. The average molecular weight is 798 g/mol. The predicted octanol–water partition coefficient (Wildman–Crippen LogP) is 6.23. The quantitative estimate of drug-likeness (QED) is 0.0607. The number of fused-ring (bicyclic) bond motifs is 4. The molecule has 4 aromatic heterocycles. The molecule has 59 heavy (non-hydrogen) atoms. The lowest BCUT2D eigenvalue weighted by Gasteiger charge is -2.29. The fourth-order valence-corrected chi connectivity index (χ4v) is 8.62. The maximum absolute atomic E-state index is 13.7. The number of carbonyl (C=O) groups excluding carboxylic acids is 4. The van der Waals surface area contributed by atoms with Gasteiger partial charge in [0.15, 0.2) is 11.6 Å². The number of amides is 3. The van der Waals surface area contributed by atoms with E-state index in [1.807, 2.05) is 30.7 Å². The largest absolute Gasteiger partial charge is 0.382 e. The van der Waals surface area contributed by atoms with Gasteiger partial charge in [-0.1, -0.05) is 11.2 Å². The number of aromatic nitrogens is 6. The van der Waals surface area contributed by atoms with Crippen LogP contribution in [0.3, 0.4) is 0 Å². The van der Waals surface area contributed by atoms with Crippen molar-refractivity contribution in [2.24, 2.45) is 0 Å². The fraction of sp³-hybridized carbons (Fsp3) is 0.409. The van der Waals surface area contributed by atoms with E-state index in [2.05, 4.69) is 52.8 Å². The first kappa shape index (κ1) is 38.3. The van der Waals surface area contributed by atoms with Gasteiger partial charge in [-0.3, -0.25) is 29.2 Å². The molecule has 3 N–H and O–H groups in total. The molecule has 2 fully saturated rings. The zero-order valence-corrected chi connectivity index (χ0v) is 33.7. The highest BCUT2D eigenvalue weighted by Gasteiger charge is 2.40. The molecule has 2 aromatic carbocycles. The maximum Gasteiger partial charge on any atom is 0.255 e. The number of rotatable bonds is 15. The Kier molecular flexibility index (Phi) is 10.1. The molecule has 6 aromatic rings. The Balaban J connectivity index is 0.876. The van der Waals surface area contributed by atoms with Gasteiger partial charge in [-0.15, -0.1) is 0 Å². The van der Waals surface area contributed by atoms with Crippen LogP contribution in [-0.2, 0) is 33.8 Å². The summed E-state index contributed by atoms with van der Waals surface area (Å²) >= 11 is 0. The Morgan fingerprint density at radius 1 is 1.03 bits per heavy atom. The van der Waals surface area contributed by atoms with Crippen LogP contribution in [0.15, 0.2) is 40.9 Å². The highest BCUT2D eigenvalue weighted by atomic mass is 16.5. The number of benzene rings is 2. The Morgan fingerprint density at radius 2 is 1.88 bits per heavy atom. The normalized spacial score (nSPS) is 16.7. The Labute approximate surface area is 340 Å². The number of aromatic amines is 1. The van der Waals surface area contributed by atoms with E-state index in [-0.39, 0.29) is 42.8 Å². The lowest BCUT2D eigenvalue weighted by molar-refractivity contribution is -0.136. The van der Waals surface area contributed by atoms with Gasteiger partial charge in [-0.25, -0.2) is 9.97 Å². The summed E-state index contributed by atoms with van der Waals surface area (Å²) in [4.78, 5) is 65.9. The summed E-state index contributed by atoms with van der Waals surface area (Å²) in [5.41, 5.74) is 10.5. The standard InChI is InChI=1S/C44H47N9O6/c1-5-53-27(19-33(50-53)26-11-12-26)20-35-40-30-18-23(2)29(39-24(3)51-59-25(39)4)21-34(30)46-42(40)49-41(47-35)37(54)10-7-16-58-17-15-45-32-9-6-8-28-31(32)22-52(44(28)57)36-13-14-38(55)48-43(36)56/h6,8-9,18-19,21,26,36,45H,5,7,10-17,20,22H2,1-4H3,(H,46,47,49)(H,48,55,56). The van der Waals surface area contributed by atoms with Gasteiger partial charge in [-0.05, 0) is 94.8 Å². The molecular formula is C44H47N9O6. The summed E-state index contributed by atoms with van der Waals surface area (Å²) in [5, 5.41) is 16.7. The van der Waals surface area contributed by atoms with Crippen molar-refractivity contribution in [2.45, 2.75) is 97.7 Å². The second-order valence-corrected chi connectivity index (χ2v) is 15.9. The Bertz CT molecular complexity index is 2650. The SMILES string of the molecule is CCn1nc(C2CC2)cc1Cc1nc(C(=O)CCCOCCNc2cccc3c2CN(C2CCC(=O)NC2=O)C3=O)nc2[nH]c3cc(-c4c(C)noc4C)c(C)cc3c12. The van der Waals surface area contributed by atoms with Crippen LogP contribution in [0.1, 0.15) is 112 Å². The summed E-state index contributed by atoms with van der Waals surface area (Å²) in [5.74, 6) is 0.322. The van der Waals surface area contributed by atoms with Gasteiger partial charge in [0.05, 0.1) is 23.7 Å². The van der Waals surface area contributed by atoms with Crippen molar-refractivity contribution in [3.63, 3.8) is 0 Å². The highest BCUT2D eigenvalue weighted by Crippen LogP contribution is 2.40. The molecule has 1 aliphatic carbocycles. The van der Waals surface area contributed by atoms with Crippen LogP contribution >= 0.6 is 0 Å². The van der Waals surface area contributed by atoms with Crippen LogP contribution in [0.4, 0.5) is 5.69 Å². The molecule has 0 spiro atoms. The number of hydrogen-bond acceptors (Lipinski definition) is 11. The van der Waals surface area contributed by atoms with E-state index in [1.54, 1.807) is 6.07 Å². The molecule has 9 rings (SSSR count). The first-order chi connectivity index (χ1) is 28.6. The zero-order valence-electron chi connectivity index (χ0n) is 33.7. The monoisotopic (exact) mass is 797 g/mol. The number of H-pyrrole nitrogens is 1. The minimum absolute atomic E-state index is 0.158. The minimum Gasteiger partial charge on any atom is -0.382 e. The number of nitrogens with one attached hydrogen (secondary N) is 3. The molecule has 15 heteroatoms. The van der Waals surface area contributed by atoms with Gasteiger partial charge in [-0.2, -0.15) is 5.10 Å². The number of carbonyl (C=O) groups is 4. The smallest absolute Gasteiger partial charge is 0.255 e. The van der Waals surface area contributed by atoms with Crippen molar-refractivity contribution in [2.75, 3.05) is 25.1 Å². The van der Waals surface area contributed by atoms with E-state index in [1.165, 1.54) is 4.90 Å². The second-order valence-electron chi connectivity index (χ2n) is 15.9. The van der Waals surface area contributed by atoms with Crippen LogP contribution in [-0.4, -0.2) is 84.1 Å². The molecule has 2 aliphatic heterocycles. The number of aryl methyl sites for hydroxylation is 4. The predicted molar refractivity (Wildman–Crippen MR) is 219 cm³/mol. The molecule has 1 saturated carbocycles. The van der Waals surface area contributed by atoms with Gasteiger partial charge in [0, 0.05) is 95.8 Å². The van der Waals surface area contributed by atoms with E-state index < -0.39 is 11.9 Å². The first-order valence-electron chi connectivity index (χ1n) is 20.5. The van der Waals surface area contributed by atoms with Crippen molar-refractivity contribution in [3.8, 4) is 11.1 Å². The van der Waals surface area contributed by atoms with Gasteiger partial charge in [0.2, 0.25) is 11.8 Å². The number of imide groups is 1. The van der Waals surface area contributed by atoms with Crippen molar-refractivity contribution >= 4 is 51.1 Å². The average Bonchev–Trinajstić information content (AvgIpc) is 3.60. The van der Waals surface area contributed by atoms with Crippen LogP contribution in [0.25, 0.3) is 33.1 Å². The Morgan fingerprint density at radius 3 is 2.64 bits per heavy atom. The van der Waals surface area contributed by atoms with Crippen LogP contribution < -0.4 is 10.6 Å². The number of ether oxygens (including phenoxy) is 1. The molecule has 3 amide bonds. The minimum atomic E-state index is -0.670. The van der Waals surface area contributed by atoms with Gasteiger partial charge in [0.25, 0.3) is 5.91 Å². The number of piperidine rings is 1. The summed E-state index contributed by atoms with van der Waals surface area (Å²) in [6, 6.07) is 11.3. The van der Waals surface area contributed by atoms with Crippen molar-refractivity contribution in [1.29, 1.82) is 0 Å². The topological polar surface area (TPSA) is 190 Å². The third-order valence-electron chi connectivity index (χ3n) is 11.8. The van der Waals surface area contributed by atoms with Crippen molar-refractivity contribution < 1.29 is 28.4 Å². The number of nitrogens with zero attached hydrogens (tertiary/aromatic N) is 6. The molecule has 1 saturated heterocycles. The molecule has 1 atom stereocenters. The Hall–Kier alpha value is -6.22. The lowest BCUT2D eigenvalue weighted by atomic mass is 9.96. The van der Waals surface area contributed by atoms with E-state index in [0.29, 0.717) is 56.1 Å². The zero-order chi connectivity index (χ0) is 40.9. The molecule has 1 unspecified atom stereocenters. The van der Waals surface area contributed by atoms with E-state index in [9.17, 15) is 19.2 Å². The number of Topliss-reactive ketones (excluding diaryl/α,β-unsaturated/α-hetero) is 1. The number of ketones is 1. The molecule has 304 valence electrons. The summed E-state index contributed by atoms with van der Waals surface area (Å²) in [6.07, 6.45) is 4.06. The maximum atomic E-state index is 13.7. The molecule has 6 heterocycles. The summed E-state index contributed by atoms with van der Waals surface area (Å²) < 4.78 is 13.5. The van der Waals surface area contributed by atoms with E-state index >= 15 is 0 Å². The molecule has 0 radical (unpaired) electrons. The highest BCUT2D eigenvalue weighted by molar-refractivity contribution is 6.10. The molecule has 15 nitrogen and oxygen atoms in total. The first-order valence-corrected chi connectivity index (χ1v) is 20.5. The van der Waals surface area contributed by atoms with Crippen LogP contribution in [0.2, 0.25) is 0 Å². The van der Waals surface area contributed by atoms with Crippen LogP contribution in [0, 0.1) is 20.8 Å². The van der Waals surface area contributed by atoms with E-state index in [0.717, 1.165) is 92.2 Å². The van der Waals surface area contributed by atoms with Gasteiger partial charge in [0.1, 0.15) is 17.4 Å². The fourth-order valence-electron chi connectivity index (χ4n) is 8.62. The van der Waals surface area contributed by atoms with Gasteiger partial charge >= 0.3 is 0 Å². The summed E-state index contributed by atoms with van der Waals surface area (Å²) in [6.45, 7) is 10.3. The van der Waals surface area contributed by atoms with E-state index in [4.69, 9.17) is 24.3 Å². The van der Waals surface area contributed by atoms with Crippen molar-refractivity contribution in [3.05, 3.63) is 87.4 Å². The number of hydrogen-bond donors (Lipinski definition) is 3. The van der Waals surface area contributed by atoms with Gasteiger partial charge < -0.3 is 24.5 Å². The second kappa shape index (κ2) is 15.5.